The van der Waals surface area contributed by atoms with Crippen molar-refractivity contribution in [3.05, 3.63) is 70.4 Å². The Balaban J connectivity index is 1.75. The van der Waals surface area contributed by atoms with Crippen molar-refractivity contribution in [1.29, 1.82) is 0 Å². The highest BCUT2D eigenvalue weighted by molar-refractivity contribution is 7.98. The Labute approximate surface area is 193 Å². The van der Waals surface area contributed by atoms with Gasteiger partial charge in [-0.25, -0.2) is 13.4 Å². The van der Waals surface area contributed by atoms with Gasteiger partial charge in [0.2, 0.25) is 0 Å². The lowest BCUT2D eigenvalue weighted by atomic mass is 10.2. The summed E-state index contributed by atoms with van der Waals surface area (Å²) in [6, 6.07) is 16.5. The highest BCUT2D eigenvalue weighted by Crippen LogP contribution is 2.33. The van der Waals surface area contributed by atoms with E-state index in [4.69, 9.17) is 0 Å². The highest BCUT2D eigenvalue weighted by atomic mass is 32.2. The standard InChI is InChI=1S/C22H20N2O3S4/c1-28-19-8-4-3-7-17(19)21(25)24(12-11-15-6-5-13-29-15)22-23-18-10-9-16(31(2,26)27)14-20(18)30-22/h3-10,13-14H,11-12H2,1-2H3. The summed E-state index contributed by atoms with van der Waals surface area (Å²) in [4.78, 5) is 22.3. The van der Waals surface area contributed by atoms with E-state index in [-0.39, 0.29) is 10.8 Å². The number of amides is 1. The summed E-state index contributed by atoms with van der Waals surface area (Å²) < 4.78 is 24.6. The predicted octanol–water partition coefficient (Wildman–Crippen LogP) is 5.37. The number of fused-ring (bicyclic) bond motifs is 1. The molecule has 160 valence electrons. The van der Waals surface area contributed by atoms with Gasteiger partial charge in [-0.15, -0.1) is 23.1 Å². The van der Waals surface area contributed by atoms with Crippen LogP contribution in [0, 0.1) is 0 Å². The molecule has 0 aliphatic carbocycles. The lowest BCUT2D eigenvalue weighted by Gasteiger charge is -2.21. The average Bonchev–Trinajstić information content (AvgIpc) is 3.42. The molecule has 0 saturated heterocycles. The molecule has 0 aliphatic heterocycles. The molecule has 2 aromatic carbocycles. The van der Waals surface area contributed by atoms with Crippen LogP contribution in [-0.4, -0.2) is 38.4 Å². The van der Waals surface area contributed by atoms with Gasteiger partial charge in [0.15, 0.2) is 15.0 Å². The number of sulfone groups is 1. The smallest absolute Gasteiger partial charge is 0.261 e. The Morgan fingerprint density at radius 3 is 2.65 bits per heavy atom. The molecule has 0 saturated carbocycles. The summed E-state index contributed by atoms with van der Waals surface area (Å²) in [5, 5.41) is 2.59. The van der Waals surface area contributed by atoms with Crippen molar-refractivity contribution in [3.8, 4) is 0 Å². The molecule has 0 atom stereocenters. The summed E-state index contributed by atoms with van der Waals surface area (Å²) in [5.41, 5.74) is 1.32. The van der Waals surface area contributed by atoms with Gasteiger partial charge in [0.05, 0.1) is 20.7 Å². The number of carbonyl (C=O) groups excluding carboxylic acids is 1. The van der Waals surface area contributed by atoms with Gasteiger partial charge >= 0.3 is 0 Å². The lowest BCUT2D eigenvalue weighted by molar-refractivity contribution is 0.0984. The van der Waals surface area contributed by atoms with Gasteiger partial charge in [-0.1, -0.05) is 29.5 Å². The van der Waals surface area contributed by atoms with Gasteiger partial charge in [-0.3, -0.25) is 9.69 Å². The van der Waals surface area contributed by atoms with Crippen molar-refractivity contribution in [3.63, 3.8) is 0 Å². The van der Waals surface area contributed by atoms with E-state index in [1.54, 1.807) is 34.4 Å². The number of carbonyl (C=O) groups is 1. The first-order valence-electron chi connectivity index (χ1n) is 9.45. The minimum absolute atomic E-state index is 0.108. The van der Waals surface area contributed by atoms with Crippen molar-refractivity contribution in [2.75, 3.05) is 24.0 Å². The number of thiazole rings is 1. The van der Waals surface area contributed by atoms with Crippen LogP contribution >= 0.6 is 34.4 Å². The Bertz CT molecular complexity index is 1330. The molecule has 2 heterocycles. The molecule has 1 amide bonds. The molecule has 2 aromatic heterocycles. The van der Waals surface area contributed by atoms with E-state index in [1.807, 2.05) is 42.0 Å². The fraction of sp³-hybridized carbons (Fsp3) is 0.182. The Morgan fingerprint density at radius 2 is 1.94 bits per heavy atom. The Kier molecular flexibility index (Phi) is 6.47. The van der Waals surface area contributed by atoms with Gasteiger partial charge in [-0.05, 0) is 54.5 Å². The van der Waals surface area contributed by atoms with Crippen LogP contribution < -0.4 is 4.90 Å². The SMILES string of the molecule is CSc1ccccc1C(=O)N(CCc1cccs1)c1nc2ccc(S(C)(=O)=O)cc2s1. The van der Waals surface area contributed by atoms with Crippen molar-refractivity contribution < 1.29 is 13.2 Å². The maximum Gasteiger partial charge on any atom is 0.261 e. The molecule has 0 unspecified atom stereocenters. The zero-order chi connectivity index (χ0) is 22.0. The zero-order valence-corrected chi connectivity index (χ0v) is 20.2. The first kappa shape index (κ1) is 22.0. The van der Waals surface area contributed by atoms with Crippen LogP contribution in [0.5, 0.6) is 0 Å². The number of anilines is 1. The second-order valence-electron chi connectivity index (χ2n) is 6.88. The van der Waals surface area contributed by atoms with E-state index in [0.29, 0.717) is 22.8 Å². The number of aromatic nitrogens is 1. The third-order valence-corrected chi connectivity index (χ3v) is 8.64. The van der Waals surface area contributed by atoms with E-state index in [2.05, 4.69) is 11.1 Å². The van der Waals surface area contributed by atoms with Gasteiger partial charge in [0.1, 0.15) is 0 Å². The first-order valence-corrected chi connectivity index (χ1v) is 14.3. The molecule has 9 heteroatoms. The fourth-order valence-corrected chi connectivity index (χ4v) is 6.21. The van der Waals surface area contributed by atoms with Crippen LogP contribution in [0.4, 0.5) is 5.13 Å². The monoisotopic (exact) mass is 488 g/mol. The topological polar surface area (TPSA) is 67.3 Å². The van der Waals surface area contributed by atoms with Crippen LogP contribution in [-0.2, 0) is 16.3 Å². The summed E-state index contributed by atoms with van der Waals surface area (Å²) in [5.74, 6) is -0.108. The number of rotatable bonds is 7. The van der Waals surface area contributed by atoms with Gasteiger partial charge < -0.3 is 0 Å². The van der Waals surface area contributed by atoms with Crippen LogP contribution in [0.1, 0.15) is 15.2 Å². The Hall–Kier alpha value is -2.20. The van der Waals surface area contributed by atoms with Crippen LogP contribution in [0.3, 0.4) is 0 Å². The van der Waals surface area contributed by atoms with Gasteiger partial charge in [-0.2, -0.15) is 0 Å². The molecule has 31 heavy (non-hydrogen) atoms. The number of nitrogens with zero attached hydrogens (tertiary/aromatic N) is 2. The molecular weight excluding hydrogens is 469 g/mol. The van der Waals surface area contributed by atoms with Crippen molar-refractivity contribution >= 4 is 65.5 Å². The third-order valence-electron chi connectivity index (χ3n) is 4.75. The van der Waals surface area contributed by atoms with Crippen LogP contribution in [0.15, 0.2) is 69.8 Å². The zero-order valence-electron chi connectivity index (χ0n) is 16.9. The molecular formula is C22H20N2O3S4. The fourth-order valence-electron chi connectivity index (χ4n) is 3.17. The van der Waals surface area contributed by atoms with Crippen LogP contribution in [0.2, 0.25) is 0 Å². The van der Waals surface area contributed by atoms with E-state index < -0.39 is 9.84 Å². The van der Waals surface area contributed by atoms with Gasteiger partial charge in [0, 0.05) is 22.6 Å². The molecule has 0 radical (unpaired) electrons. The first-order chi connectivity index (χ1) is 14.9. The average molecular weight is 489 g/mol. The minimum Gasteiger partial charge on any atom is -0.284 e. The molecule has 0 aliphatic rings. The van der Waals surface area contributed by atoms with E-state index in [0.717, 1.165) is 16.0 Å². The third kappa shape index (κ3) is 4.85. The molecule has 0 N–H and O–H groups in total. The van der Waals surface area contributed by atoms with E-state index >= 15 is 0 Å². The van der Waals surface area contributed by atoms with Crippen LogP contribution in [0.25, 0.3) is 10.2 Å². The van der Waals surface area contributed by atoms with Crippen molar-refractivity contribution in [2.45, 2.75) is 16.2 Å². The molecule has 0 spiro atoms. The summed E-state index contributed by atoms with van der Waals surface area (Å²) in [7, 11) is -3.32. The lowest BCUT2D eigenvalue weighted by Crippen LogP contribution is -2.33. The predicted molar refractivity (Wildman–Crippen MR) is 131 cm³/mol. The highest BCUT2D eigenvalue weighted by Gasteiger charge is 2.23. The normalized spacial score (nSPS) is 11.7. The second-order valence-corrected chi connectivity index (χ2v) is 11.8. The quantitative estimate of drug-likeness (QED) is 0.327. The van der Waals surface area contributed by atoms with Crippen molar-refractivity contribution in [1.82, 2.24) is 4.98 Å². The molecule has 4 rings (SSSR count). The second kappa shape index (κ2) is 9.12. The number of hydrogen-bond acceptors (Lipinski definition) is 7. The molecule has 0 fully saturated rings. The minimum atomic E-state index is -3.32. The van der Waals surface area contributed by atoms with Gasteiger partial charge in [0.25, 0.3) is 5.91 Å². The van der Waals surface area contributed by atoms with E-state index in [9.17, 15) is 13.2 Å². The number of benzene rings is 2. The largest absolute Gasteiger partial charge is 0.284 e. The maximum atomic E-state index is 13.6. The Morgan fingerprint density at radius 1 is 1.13 bits per heavy atom. The molecule has 4 aromatic rings. The summed E-state index contributed by atoms with van der Waals surface area (Å²) >= 11 is 4.53. The summed E-state index contributed by atoms with van der Waals surface area (Å²) in [6.45, 7) is 0.487. The van der Waals surface area contributed by atoms with Crippen molar-refractivity contribution in [2.24, 2.45) is 0 Å². The molecule has 5 nitrogen and oxygen atoms in total. The summed E-state index contributed by atoms with van der Waals surface area (Å²) in [6.07, 6.45) is 3.86. The number of thiophene rings is 1. The molecule has 0 bridgehead atoms. The maximum absolute atomic E-state index is 13.6. The number of thioether (sulfide) groups is 1. The van der Waals surface area contributed by atoms with E-state index in [1.165, 1.54) is 34.2 Å². The number of hydrogen-bond donors (Lipinski definition) is 0.